The molecule has 0 saturated heterocycles. The number of aryl methyl sites for hydroxylation is 2. The molecular weight excluding hydrogens is 204 g/mol. The Balaban J connectivity index is 3.13. The van der Waals surface area contributed by atoms with Crippen LogP contribution in [0.25, 0.3) is 0 Å². The maximum Gasteiger partial charge on any atom is 0.339 e. The second-order valence-corrected chi connectivity index (χ2v) is 3.86. The summed E-state index contributed by atoms with van der Waals surface area (Å²) in [7, 11) is 0. The van der Waals surface area contributed by atoms with Crippen LogP contribution in [0.5, 0.6) is 0 Å². The molecule has 0 aliphatic carbocycles. The Morgan fingerprint density at radius 1 is 1.31 bits per heavy atom. The summed E-state index contributed by atoms with van der Waals surface area (Å²) in [5.41, 5.74) is 1.99. The first kappa shape index (κ1) is 12.7. The highest BCUT2D eigenvalue weighted by molar-refractivity contribution is 5.90. The summed E-state index contributed by atoms with van der Waals surface area (Å²) in [6, 6.07) is 0. The highest BCUT2D eigenvalue weighted by Gasteiger charge is 2.20. The first-order valence-electron chi connectivity index (χ1n) is 5.97. The molecule has 0 aliphatic heterocycles. The minimum atomic E-state index is -0.851. The largest absolute Gasteiger partial charge is 0.478 e. The van der Waals surface area contributed by atoms with Gasteiger partial charge in [0.15, 0.2) is 0 Å². The van der Waals surface area contributed by atoms with E-state index in [0.717, 1.165) is 31.5 Å². The smallest absolute Gasteiger partial charge is 0.339 e. The van der Waals surface area contributed by atoms with Crippen LogP contribution >= 0.6 is 0 Å². The molecular formula is C12H20N2O2. The SMILES string of the molecule is CCCCn1nc(CC)c(C(=O)O)c1CC. The van der Waals surface area contributed by atoms with Crippen LogP contribution in [0.15, 0.2) is 0 Å². The average Bonchev–Trinajstić information content (AvgIpc) is 2.63. The molecule has 16 heavy (non-hydrogen) atoms. The van der Waals surface area contributed by atoms with E-state index in [1.807, 2.05) is 18.5 Å². The molecule has 0 saturated carbocycles. The zero-order valence-corrected chi connectivity index (χ0v) is 10.3. The number of rotatable bonds is 6. The molecule has 0 atom stereocenters. The second-order valence-electron chi connectivity index (χ2n) is 3.86. The van der Waals surface area contributed by atoms with Gasteiger partial charge in [-0.2, -0.15) is 5.10 Å². The summed E-state index contributed by atoms with van der Waals surface area (Å²) >= 11 is 0. The van der Waals surface area contributed by atoms with Crippen LogP contribution < -0.4 is 0 Å². The molecule has 0 aromatic carbocycles. The predicted molar refractivity (Wildman–Crippen MR) is 62.9 cm³/mol. The molecule has 1 rings (SSSR count). The molecule has 1 heterocycles. The molecule has 0 aliphatic rings. The summed E-state index contributed by atoms with van der Waals surface area (Å²) in [5.74, 6) is -0.851. The minimum absolute atomic E-state index is 0.418. The summed E-state index contributed by atoms with van der Waals surface area (Å²) in [6.45, 7) is 6.86. The molecule has 0 bridgehead atoms. The van der Waals surface area contributed by atoms with Gasteiger partial charge in [-0.15, -0.1) is 0 Å². The van der Waals surface area contributed by atoms with Crippen molar-refractivity contribution in [3.05, 3.63) is 17.0 Å². The van der Waals surface area contributed by atoms with Gasteiger partial charge in [0.25, 0.3) is 0 Å². The molecule has 0 radical (unpaired) electrons. The lowest BCUT2D eigenvalue weighted by molar-refractivity contribution is 0.0694. The van der Waals surface area contributed by atoms with Gasteiger partial charge in [-0.05, 0) is 19.3 Å². The van der Waals surface area contributed by atoms with Gasteiger partial charge in [0, 0.05) is 6.54 Å². The van der Waals surface area contributed by atoms with E-state index < -0.39 is 5.97 Å². The minimum Gasteiger partial charge on any atom is -0.478 e. The Morgan fingerprint density at radius 3 is 2.44 bits per heavy atom. The number of carbonyl (C=O) groups is 1. The molecule has 4 nitrogen and oxygen atoms in total. The van der Waals surface area contributed by atoms with Crippen LogP contribution in [0, 0.1) is 0 Å². The predicted octanol–water partition coefficient (Wildman–Crippen LogP) is 2.51. The van der Waals surface area contributed by atoms with E-state index in [9.17, 15) is 9.90 Å². The lowest BCUT2D eigenvalue weighted by Gasteiger charge is -2.04. The summed E-state index contributed by atoms with van der Waals surface area (Å²) in [5, 5.41) is 13.6. The van der Waals surface area contributed by atoms with E-state index in [1.54, 1.807) is 0 Å². The van der Waals surface area contributed by atoms with Gasteiger partial charge in [-0.3, -0.25) is 4.68 Å². The van der Waals surface area contributed by atoms with Crippen LogP contribution in [0.1, 0.15) is 55.4 Å². The highest BCUT2D eigenvalue weighted by Crippen LogP contribution is 2.17. The van der Waals surface area contributed by atoms with Gasteiger partial charge in [0.2, 0.25) is 0 Å². The highest BCUT2D eigenvalue weighted by atomic mass is 16.4. The van der Waals surface area contributed by atoms with Crippen molar-refractivity contribution in [2.45, 2.75) is 53.0 Å². The summed E-state index contributed by atoms with van der Waals surface area (Å²) in [4.78, 5) is 11.2. The number of carboxylic acids is 1. The number of aromatic nitrogens is 2. The van der Waals surface area contributed by atoms with E-state index in [1.165, 1.54) is 0 Å². The van der Waals surface area contributed by atoms with Gasteiger partial charge < -0.3 is 5.11 Å². The summed E-state index contributed by atoms with van der Waals surface area (Å²) < 4.78 is 1.87. The number of unbranched alkanes of at least 4 members (excludes halogenated alkanes) is 1. The van der Waals surface area contributed by atoms with Gasteiger partial charge in [-0.1, -0.05) is 27.2 Å². The van der Waals surface area contributed by atoms with E-state index in [2.05, 4.69) is 12.0 Å². The lowest BCUT2D eigenvalue weighted by atomic mass is 10.1. The molecule has 90 valence electrons. The molecule has 1 N–H and O–H groups in total. The molecule has 1 aromatic heterocycles. The molecule has 0 spiro atoms. The third-order valence-electron chi connectivity index (χ3n) is 2.74. The van der Waals surface area contributed by atoms with Crippen LogP contribution in [-0.4, -0.2) is 20.9 Å². The standard InChI is InChI=1S/C12H20N2O2/c1-4-7-8-14-10(6-3)11(12(15)16)9(5-2)13-14/h4-8H2,1-3H3,(H,15,16). The Kier molecular flexibility index (Phi) is 4.52. The average molecular weight is 224 g/mol. The first-order valence-corrected chi connectivity index (χ1v) is 5.97. The van der Waals surface area contributed by atoms with E-state index >= 15 is 0 Å². The van der Waals surface area contributed by atoms with Crippen molar-refractivity contribution in [3.63, 3.8) is 0 Å². The topological polar surface area (TPSA) is 55.1 Å². The lowest BCUT2D eigenvalue weighted by Crippen LogP contribution is -2.07. The Bertz CT molecular complexity index is 369. The number of nitrogens with zero attached hydrogens (tertiary/aromatic N) is 2. The maximum absolute atomic E-state index is 11.2. The monoisotopic (exact) mass is 224 g/mol. The van der Waals surface area contributed by atoms with Crippen molar-refractivity contribution < 1.29 is 9.90 Å². The van der Waals surface area contributed by atoms with Gasteiger partial charge in [0.05, 0.1) is 11.4 Å². The maximum atomic E-state index is 11.2. The fraction of sp³-hybridized carbons (Fsp3) is 0.667. The van der Waals surface area contributed by atoms with E-state index in [4.69, 9.17) is 0 Å². The van der Waals surface area contributed by atoms with Crippen LogP contribution in [0.2, 0.25) is 0 Å². The molecule has 0 unspecified atom stereocenters. The van der Waals surface area contributed by atoms with E-state index in [0.29, 0.717) is 17.7 Å². The van der Waals surface area contributed by atoms with Crippen molar-refractivity contribution in [2.75, 3.05) is 0 Å². The van der Waals surface area contributed by atoms with Crippen molar-refractivity contribution in [3.8, 4) is 0 Å². The number of hydrogen-bond donors (Lipinski definition) is 1. The van der Waals surface area contributed by atoms with E-state index in [-0.39, 0.29) is 0 Å². The van der Waals surface area contributed by atoms with Crippen molar-refractivity contribution in [2.24, 2.45) is 0 Å². The van der Waals surface area contributed by atoms with Gasteiger partial charge >= 0.3 is 5.97 Å². The second kappa shape index (κ2) is 5.68. The summed E-state index contributed by atoms with van der Waals surface area (Å²) in [6.07, 6.45) is 3.52. The van der Waals surface area contributed by atoms with Crippen molar-refractivity contribution in [1.29, 1.82) is 0 Å². The fourth-order valence-corrected chi connectivity index (χ4v) is 1.90. The Morgan fingerprint density at radius 2 is 2.00 bits per heavy atom. The fourth-order valence-electron chi connectivity index (χ4n) is 1.90. The zero-order valence-electron chi connectivity index (χ0n) is 10.3. The van der Waals surface area contributed by atoms with Gasteiger partial charge in [0.1, 0.15) is 5.56 Å². The third kappa shape index (κ3) is 2.43. The molecule has 1 aromatic rings. The number of aromatic carboxylic acids is 1. The first-order chi connectivity index (χ1) is 7.65. The van der Waals surface area contributed by atoms with Crippen LogP contribution in [0.4, 0.5) is 0 Å². The molecule has 4 heteroatoms. The zero-order chi connectivity index (χ0) is 12.1. The third-order valence-corrected chi connectivity index (χ3v) is 2.74. The van der Waals surface area contributed by atoms with Crippen LogP contribution in [-0.2, 0) is 19.4 Å². The van der Waals surface area contributed by atoms with Gasteiger partial charge in [-0.25, -0.2) is 4.79 Å². The van der Waals surface area contributed by atoms with Crippen molar-refractivity contribution >= 4 is 5.97 Å². The number of hydrogen-bond acceptors (Lipinski definition) is 2. The van der Waals surface area contributed by atoms with Crippen molar-refractivity contribution in [1.82, 2.24) is 9.78 Å². The Labute approximate surface area is 96.3 Å². The molecule has 0 amide bonds. The number of carboxylic acid groups (broad SMARTS) is 1. The molecule has 0 fully saturated rings. The Hall–Kier alpha value is -1.32. The normalized spacial score (nSPS) is 10.7. The van der Waals surface area contributed by atoms with Crippen LogP contribution in [0.3, 0.4) is 0 Å². The quantitative estimate of drug-likeness (QED) is 0.807.